The van der Waals surface area contributed by atoms with Crippen LogP contribution in [0.15, 0.2) is 28.0 Å². The first kappa shape index (κ1) is 23.2. The maximum atomic E-state index is 12.9. The molecule has 1 N–H and O–H groups in total. The summed E-state index contributed by atoms with van der Waals surface area (Å²) < 4.78 is 18.4. The average molecular weight is 487 g/mol. The fourth-order valence-corrected chi connectivity index (χ4v) is 5.49. The third-order valence-electron chi connectivity index (χ3n) is 6.36. The van der Waals surface area contributed by atoms with E-state index in [0.717, 1.165) is 69.8 Å². The molecule has 1 aromatic heterocycles. The van der Waals surface area contributed by atoms with E-state index in [1.165, 1.54) is 11.8 Å². The molecule has 0 spiro atoms. The number of thioether (sulfide) groups is 1. The van der Waals surface area contributed by atoms with Crippen molar-refractivity contribution in [2.24, 2.45) is 0 Å². The van der Waals surface area contributed by atoms with Gasteiger partial charge >= 0.3 is 5.69 Å². The molecule has 1 amide bonds. The molecule has 1 saturated heterocycles. The van der Waals surface area contributed by atoms with Gasteiger partial charge in [-0.3, -0.25) is 14.3 Å². The Balaban J connectivity index is 1.25. The fourth-order valence-electron chi connectivity index (χ4n) is 4.62. The second-order valence-corrected chi connectivity index (χ2v) is 9.60. The molecule has 0 radical (unpaired) electrons. The highest BCUT2D eigenvalue weighted by molar-refractivity contribution is 8.00. The van der Waals surface area contributed by atoms with Crippen molar-refractivity contribution in [3.63, 3.8) is 0 Å². The van der Waals surface area contributed by atoms with Crippen molar-refractivity contribution in [2.45, 2.75) is 37.3 Å². The SMILES string of the molecule is O=C(CSc1nc(=O)n(CCN2CCOCC2)c2c1CCCC2)Nc1ccc2c(c1)OCCO2. The third-order valence-corrected chi connectivity index (χ3v) is 7.38. The topological polar surface area (TPSA) is 94.9 Å². The van der Waals surface area contributed by atoms with Crippen LogP contribution in [0, 0.1) is 0 Å². The zero-order valence-electron chi connectivity index (χ0n) is 19.2. The van der Waals surface area contributed by atoms with E-state index in [1.807, 2.05) is 4.57 Å². The number of fused-ring (bicyclic) bond motifs is 2. The summed E-state index contributed by atoms with van der Waals surface area (Å²) in [4.78, 5) is 32.3. The predicted octanol–water partition coefficient (Wildman–Crippen LogP) is 1.96. The molecule has 10 heteroatoms. The van der Waals surface area contributed by atoms with Crippen LogP contribution in [0.25, 0.3) is 0 Å². The molecule has 0 atom stereocenters. The van der Waals surface area contributed by atoms with Crippen molar-refractivity contribution in [2.75, 3.05) is 57.1 Å². The van der Waals surface area contributed by atoms with Gasteiger partial charge < -0.3 is 19.5 Å². The van der Waals surface area contributed by atoms with Gasteiger partial charge in [0.25, 0.3) is 0 Å². The van der Waals surface area contributed by atoms with Crippen molar-refractivity contribution >= 4 is 23.4 Å². The van der Waals surface area contributed by atoms with Gasteiger partial charge in [-0.2, -0.15) is 4.98 Å². The number of hydrogen-bond acceptors (Lipinski definition) is 8. The maximum absolute atomic E-state index is 12.9. The van der Waals surface area contributed by atoms with Gasteiger partial charge in [0.05, 0.1) is 19.0 Å². The van der Waals surface area contributed by atoms with Gasteiger partial charge in [0.1, 0.15) is 18.2 Å². The molecule has 0 unspecified atom stereocenters. The Kier molecular flexibility index (Phi) is 7.36. The van der Waals surface area contributed by atoms with Crippen LogP contribution < -0.4 is 20.5 Å². The molecule has 1 aromatic carbocycles. The van der Waals surface area contributed by atoms with Crippen molar-refractivity contribution in [3.8, 4) is 11.5 Å². The van der Waals surface area contributed by atoms with Gasteiger partial charge in [-0.15, -0.1) is 0 Å². The van der Waals surface area contributed by atoms with Gasteiger partial charge in [-0.1, -0.05) is 11.8 Å². The van der Waals surface area contributed by atoms with Crippen molar-refractivity contribution in [3.05, 3.63) is 39.9 Å². The fraction of sp³-hybridized carbons (Fsp3) is 0.542. The molecular weight excluding hydrogens is 456 g/mol. The number of morpholine rings is 1. The molecule has 0 saturated carbocycles. The highest BCUT2D eigenvalue weighted by Gasteiger charge is 2.22. The summed E-state index contributed by atoms with van der Waals surface area (Å²) in [6, 6.07) is 5.37. The molecule has 2 aromatic rings. The summed E-state index contributed by atoms with van der Waals surface area (Å²) in [5.41, 5.74) is 2.66. The van der Waals surface area contributed by atoms with E-state index in [-0.39, 0.29) is 17.3 Å². The van der Waals surface area contributed by atoms with Crippen LogP contribution in [-0.4, -0.2) is 72.2 Å². The van der Waals surface area contributed by atoms with Crippen LogP contribution in [0.4, 0.5) is 5.69 Å². The number of hydrogen-bond donors (Lipinski definition) is 1. The predicted molar refractivity (Wildman–Crippen MR) is 129 cm³/mol. The smallest absolute Gasteiger partial charge is 0.348 e. The summed E-state index contributed by atoms with van der Waals surface area (Å²) in [5.74, 6) is 1.35. The van der Waals surface area contributed by atoms with Crippen LogP contribution in [0.2, 0.25) is 0 Å². The number of benzene rings is 1. The van der Waals surface area contributed by atoms with Crippen LogP contribution in [-0.2, 0) is 28.9 Å². The molecule has 1 fully saturated rings. The normalized spacial score (nSPS) is 17.8. The molecule has 182 valence electrons. The molecular formula is C24H30N4O5S. The number of amides is 1. The van der Waals surface area contributed by atoms with Crippen LogP contribution in [0.5, 0.6) is 11.5 Å². The quantitative estimate of drug-likeness (QED) is 0.469. The molecule has 0 bridgehead atoms. The monoisotopic (exact) mass is 486 g/mol. The first-order valence-corrected chi connectivity index (χ1v) is 12.9. The largest absolute Gasteiger partial charge is 0.486 e. The highest BCUT2D eigenvalue weighted by Crippen LogP contribution is 2.33. The number of anilines is 1. The number of nitrogens with one attached hydrogen (secondary N) is 1. The van der Waals surface area contributed by atoms with E-state index < -0.39 is 0 Å². The Labute approximate surface area is 202 Å². The van der Waals surface area contributed by atoms with E-state index in [4.69, 9.17) is 14.2 Å². The van der Waals surface area contributed by atoms with Crippen LogP contribution in [0.3, 0.4) is 0 Å². The number of carbonyl (C=O) groups excluding carboxylic acids is 1. The number of ether oxygens (including phenoxy) is 3. The minimum Gasteiger partial charge on any atom is -0.486 e. The number of nitrogens with zero attached hydrogens (tertiary/aromatic N) is 3. The second-order valence-electron chi connectivity index (χ2n) is 8.63. The Hall–Kier alpha value is -2.56. The summed E-state index contributed by atoms with van der Waals surface area (Å²) in [6.45, 7) is 5.77. The summed E-state index contributed by atoms with van der Waals surface area (Å²) >= 11 is 1.34. The lowest BCUT2D eigenvalue weighted by Gasteiger charge is -2.28. The van der Waals surface area contributed by atoms with Crippen LogP contribution in [0.1, 0.15) is 24.1 Å². The molecule has 3 aliphatic rings. The third kappa shape index (κ3) is 5.39. The van der Waals surface area contributed by atoms with E-state index in [0.29, 0.717) is 42.0 Å². The second kappa shape index (κ2) is 10.8. The zero-order valence-corrected chi connectivity index (χ0v) is 20.0. The Morgan fingerprint density at radius 3 is 2.68 bits per heavy atom. The Morgan fingerprint density at radius 2 is 1.82 bits per heavy atom. The lowest BCUT2D eigenvalue weighted by atomic mass is 9.97. The van der Waals surface area contributed by atoms with E-state index in [9.17, 15) is 9.59 Å². The molecule has 1 aliphatic carbocycles. The average Bonchev–Trinajstić information content (AvgIpc) is 2.87. The lowest BCUT2D eigenvalue weighted by molar-refractivity contribution is -0.113. The minimum atomic E-state index is -0.219. The van der Waals surface area contributed by atoms with Gasteiger partial charge in [0.15, 0.2) is 11.5 Å². The van der Waals surface area contributed by atoms with Gasteiger partial charge in [0, 0.05) is 49.2 Å². The van der Waals surface area contributed by atoms with Crippen molar-refractivity contribution in [1.29, 1.82) is 0 Å². The lowest BCUT2D eigenvalue weighted by Crippen LogP contribution is -2.40. The minimum absolute atomic E-state index is 0.149. The number of carbonyl (C=O) groups is 1. The molecule has 5 rings (SSSR count). The summed E-state index contributed by atoms with van der Waals surface area (Å²) in [7, 11) is 0. The van der Waals surface area contributed by atoms with Gasteiger partial charge in [-0.05, 0) is 37.8 Å². The number of rotatable bonds is 7. The Morgan fingerprint density at radius 1 is 1.03 bits per heavy atom. The number of aromatic nitrogens is 2. The maximum Gasteiger partial charge on any atom is 0.348 e. The van der Waals surface area contributed by atoms with E-state index in [2.05, 4.69) is 15.2 Å². The van der Waals surface area contributed by atoms with Gasteiger partial charge in [-0.25, -0.2) is 4.79 Å². The van der Waals surface area contributed by atoms with Crippen molar-refractivity contribution in [1.82, 2.24) is 14.5 Å². The summed E-state index contributed by atoms with van der Waals surface area (Å²) in [6.07, 6.45) is 3.93. The Bertz CT molecular complexity index is 1100. The molecule has 9 nitrogen and oxygen atoms in total. The standard InChI is InChI=1S/C24H30N4O5S/c29-22(25-17-5-6-20-21(15-17)33-14-13-32-20)16-34-23-18-3-1-2-4-19(18)28(24(30)26-23)8-7-27-9-11-31-12-10-27/h5-6,15H,1-4,7-14,16H2,(H,25,29). The first-order chi connectivity index (χ1) is 16.7. The van der Waals surface area contributed by atoms with E-state index in [1.54, 1.807) is 18.2 Å². The first-order valence-electron chi connectivity index (χ1n) is 11.9. The molecule has 3 heterocycles. The highest BCUT2D eigenvalue weighted by atomic mass is 32.2. The van der Waals surface area contributed by atoms with Crippen LogP contribution >= 0.6 is 11.8 Å². The van der Waals surface area contributed by atoms with Crippen molar-refractivity contribution < 1.29 is 19.0 Å². The molecule has 2 aliphatic heterocycles. The zero-order chi connectivity index (χ0) is 23.3. The van der Waals surface area contributed by atoms with Gasteiger partial charge in [0.2, 0.25) is 5.91 Å². The van der Waals surface area contributed by atoms with E-state index >= 15 is 0 Å². The summed E-state index contributed by atoms with van der Waals surface area (Å²) in [5, 5.41) is 3.60. The molecule has 34 heavy (non-hydrogen) atoms.